The molecule has 0 fully saturated rings. The normalized spacial score (nSPS) is 20.3. The fourth-order valence-corrected chi connectivity index (χ4v) is 2.59. The summed E-state index contributed by atoms with van der Waals surface area (Å²) in [7, 11) is 0. The molecule has 0 aromatic heterocycles. The first-order valence-electron chi connectivity index (χ1n) is 6.76. The van der Waals surface area contributed by atoms with Crippen LogP contribution in [0.2, 0.25) is 0 Å². The van der Waals surface area contributed by atoms with Gasteiger partial charge in [-0.2, -0.15) is 0 Å². The van der Waals surface area contributed by atoms with Crippen LogP contribution < -0.4 is 4.74 Å². The van der Waals surface area contributed by atoms with Crippen molar-refractivity contribution < 1.29 is 30.3 Å². The van der Waals surface area contributed by atoms with Gasteiger partial charge < -0.3 is 30.3 Å². The van der Waals surface area contributed by atoms with Crippen LogP contribution in [0.25, 0.3) is 11.1 Å². The third-order valence-corrected chi connectivity index (χ3v) is 3.77. The molecule has 116 valence electrons. The molecule has 0 spiro atoms. The van der Waals surface area contributed by atoms with Crippen molar-refractivity contribution in [2.45, 2.75) is 12.0 Å². The van der Waals surface area contributed by atoms with Gasteiger partial charge in [-0.25, -0.2) is 0 Å². The maximum Gasteiger partial charge on any atom is 0.158 e. The lowest BCUT2D eigenvalue weighted by molar-refractivity contribution is -0.0472. The van der Waals surface area contributed by atoms with Crippen molar-refractivity contribution in [3.8, 4) is 34.1 Å². The molecular weight excluding hydrogens is 288 g/mol. The Balaban J connectivity index is 2.25. The number of rotatable bonds is 1. The van der Waals surface area contributed by atoms with Gasteiger partial charge in [0, 0.05) is 18.1 Å². The van der Waals surface area contributed by atoms with Gasteiger partial charge in [0.05, 0.1) is 6.61 Å². The molecule has 0 radical (unpaired) electrons. The molecule has 1 atom stereocenters. The van der Waals surface area contributed by atoms with Crippen LogP contribution in [0.3, 0.4) is 0 Å². The van der Waals surface area contributed by atoms with E-state index < -0.39 is 12.2 Å². The minimum absolute atomic E-state index is 0.00332. The van der Waals surface area contributed by atoms with Crippen molar-refractivity contribution in [3.63, 3.8) is 0 Å². The average Bonchev–Trinajstić information content (AvgIpc) is 2.48. The number of aliphatic hydroxyl groups is 2. The second-order valence-corrected chi connectivity index (χ2v) is 5.53. The zero-order valence-corrected chi connectivity index (χ0v) is 11.7. The highest BCUT2D eigenvalue weighted by Gasteiger charge is 2.32. The van der Waals surface area contributed by atoms with Gasteiger partial charge in [0.15, 0.2) is 11.5 Å². The molecule has 1 aliphatic heterocycles. The maximum atomic E-state index is 10.4. The number of ether oxygens (including phenoxy) is 1. The molecule has 0 bridgehead atoms. The SMILES string of the molecule is OC[C@]1(O)COc2cc(O)ccc2-c2cc(O)c(O)cc2C1. The summed E-state index contributed by atoms with van der Waals surface area (Å²) in [6.07, 6.45) is 0.0486. The summed E-state index contributed by atoms with van der Waals surface area (Å²) in [5.41, 5.74) is 0.198. The monoisotopic (exact) mass is 304 g/mol. The average molecular weight is 304 g/mol. The number of aliphatic hydroxyl groups excluding tert-OH is 1. The summed E-state index contributed by atoms with van der Waals surface area (Å²) < 4.78 is 5.53. The lowest BCUT2D eigenvalue weighted by atomic mass is 9.88. The molecule has 22 heavy (non-hydrogen) atoms. The van der Waals surface area contributed by atoms with E-state index in [9.17, 15) is 25.5 Å². The third-order valence-electron chi connectivity index (χ3n) is 3.77. The van der Waals surface area contributed by atoms with E-state index in [4.69, 9.17) is 4.74 Å². The van der Waals surface area contributed by atoms with Gasteiger partial charge >= 0.3 is 0 Å². The molecule has 3 rings (SSSR count). The van der Waals surface area contributed by atoms with E-state index in [1.54, 1.807) is 6.07 Å². The number of phenols is 3. The Bertz CT molecular complexity index is 727. The molecule has 0 amide bonds. The highest BCUT2D eigenvalue weighted by atomic mass is 16.5. The second kappa shape index (κ2) is 5.08. The first kappa shape index (κ1) is 14.5. The molecule has 2 aromatic rings. The Hall–Kier alpha value is -2.44. The highest BCUT2D eigenvalue weighted by molar-refractivity contribution is 5.77. The molecule has 6 heteroatoms. The number of hydrogen-bond acceptors (Lipinski definition) is 6. The van der Waals surface area contributed by atoms with Crippen molar-refractivity contribution in [2.24, 2.45) is 0 Å². The number of phenolic OH excluding ortho intramolecular Hbond substituents is 3. The van der Waals surface area contributed by atoms with E-state index in [1.807, 2.05) is 0 Å². The van der Waals surface area contributed by atoms with Crippen LogP contribution in [0.4, 0.5) is 0 Å². The minimum Gasteiger partial charge on any atom is -0.508 e. The number of fused-ring (bicyclic) bond motifs is 3. The minimum atomic E-state index is -1.53. The molecule has 2 aromatic carbocycles. The van der Waals surface area contributed by atoms with E-state index in [-0.39, 0.29) is 30.3 Å². The Morgan fingerprint density at radius 2 is 1.73 bits per heavy atom. The predicted molar refractivity (Wildman–Crippen MR) is 78.1 cm³/mol. The van der Waals surface area contributed by atoms with Gasteiger partial charge in [-0.05, 0) is 35.4 Å². The summed E-state index contributed by atoms with van der Waals surface area (Å²) >= 11 is 0. The zero-order chi connectivity index (χ0) is 15.9. The molecule has 0 saturated heterocycles. The summed E-state index contributed by atoms with van der Waals surface area (Å²) in [6, 6.07) is 7.23. The van der Waals surface area contributed by atoms with E-state index in [0.29, 0.717) is 22.4 Å². The Labute approximate surface area is 126 Å². The molecule has 5 N–H and O–H groups in total. The molecular formula is C16H16O6. The van der Waals surface area contributed by atoms with Crippen LogP contribution >= 0.6 is 0 Å². The van der Waals surface area contributed by atoms with Crippen molar-refractivity contribution in [1.82, 2.24) is 0 Å². The summed E-state index contributed by atoms with van der Waals surface area (Å²) in [5.74, 6) is -0.291. The first-order chi connectivity index (χ1) is 10.4. The van der Waals surface area contributed by atoms with E-state index in [0.717, 1.165) is 0 Å². The molecule has 6 nitrogen and oxygen atoms in total. The van der Waals surface area contributed by atoms with Crippen molar-refractivity contribution in [3.05, 3.63) is 35.9 Å². The second-order valence-electron chi connectivity index (χ2n) is 5.53. The van der Waals surface area contributed by atoms with Crippen molar-refractivity contribution >= 4 is 0 Å². The number of aromatic hydroxyl groups is 3. The fraction of sp³-hybridized carbons (Fsp3) is 0.250. The van der Waals surface area contributed by atoms with Gasteiger partial charge in [0.25, 0.3) is 0 Å². The van der Waals surface area contributed by atoms with Gasteiger partial charge in [-0.15, -0.1) is 0 Å². The Kier molecular flexibility index (Phi) is 3.35. The Morgan fingerprint density at radius 3 is 2.45 bits per heavy atom. The van der Waals surface area contributed by atoms with Gasteiger partial charge in [-0.3, -0.25) is 0 Å². The van der Waals surface area contributed by atoms with E-state index in [2.05, 4.69) is 0 Å². The third kappa shape index (κ3) is 2.43. The summed E-state index contributed by atoms with van der Waals surface area (Å²) in [6.45, 7) is -0.691. The fourth-order valence-electron chi connectivity index (χ4n) is 2.59. The van der Waals surface area contributed by atoms with Gasteiger partial charge in [-0.1, -0.05) is 0 Å². The van der Waals surface area contributed by atoms with Crippen molar-refractivity contribution in [2.75, 3.05) is 13.2 Å². The van der Waals surface area contributed by atoms with Crippen LogP contribution in [-0.4, -0.2) is 44.3 Å². The maximum absolute atomic E-state index is 10.4. The highest BCUT2D eigenvalue weighted by Crippen LogP contribution is 2.42. The molecule has 0 aliphatic carbocycles. The Morgan fingerprint density at radius 1 is 1.00 bits per heavy atom. The predicted octanol–water partition coefficient (Wildman–Crippen LogP) is 1.13. The molecule has 1 heterocycles. The van der Waals surface area contributed by atoms with Crippen LogP contribution in [0.15, 0.2) is 30.3 Å². The van der Waals surface area contributed by atoms with E-state index >= 15 is 0 Å². The lowest BCUT2D eigenvalue weighted by Crippen LogP contribution is -2.42. The first-order valence-corrected chi connectivity index (χ1v) is 6.76. The summed E-state index contributed by atoms with van der Waals surface area (Å²) in [4.78, 5) is 0. The number of hydrogen-bond donors (Lipinski definition) is 5. The number of benzene rings is 2. The van der Waals surface area contributed by atoms with Crippen LogP contribution in [0.5, 0.6) is 23.0 Å². The van der Waals surface area contributed by atoms with Crippen molar-refractivity contribution in [1.29, 1.82) is 0 Å². The quantitative estimate of drug-likeness (QED) is 0.505. The van der Waals surface area contributed by atoms with Crippen LogP contribution in [0, 0.1) is 0 Å². The van der Waals surface area contributed by atoms with Crippen LogP contribution in [-0.2, 0) is 6.42 Å². The zero-order valence-electron chi connectivity index (χ0n) is 11.7. The molecule has 0 unspecified atom stereocenters. The van der Waals surface area contributed by atoms with Crippen LogP contribution in [0.1, 0.15) is 5.56 Å². The lowest BCUT2D eigenvalue weighted by Gasteiger charge is -2.30. The molecule has 1 aliphatic rings. The summed E-state index contributed by atoms with van der Waals surface area (Å²) in [5, 5.41) is 48.9. The van der Waals surface area contributed by atoms with E-state index in [1.165, 1.54) is 24.3 Å². The molecule has 0 saturated carbocycles. The van der Waals surface area contributed by atoms with Gasteiger partial charge in [0.2, 0.25) is 0 Å². The largest absolute Gasteiger partial charge is 0.508 e. The smallest absolute Gasteiger partial charge is 0.158 e. The van der Waals surface area contributed by atoms with Gasteiger partial charge in [0.1, 0.15) is 23.7 Å². The topological polar surface area (TPSA) is 110 Å². The standard InChI is InChI=1S/C16H16O6/c17-7-16(21)6-9-3-13(19)14(20)5-12(9)11-2-1-10(18)4-15(11)22-8-16/h1-5,17-21H,6-8H2/t16-/m0/s1.